The predicted octanol–water partition coefficient (Wildman–Crippen LogP) is 1.61. The van der Waals surface area contributed by atoms with Crippen LogP contribution >= 0.6 is 0 Å². The van der Waals surface area contributed by atoms with E-state index in [4.69, 9.17) is 0 Å². The molecule has 0 saturated carbocycles. The lowest BCUT2D eigenvalue weighted by molar-refractivity contribution is 0.211. The first-order valence-corrected chi connectivity index (χ1v) is 5.78. The van der Waals surface area contributed by atoms with E-state index in [1.54, 1.807) is 0 Å². The van der Waals surface area contributed by atoms with Gasteiger partial charge in [0.2, 0.25) is 0 Å². The Hall–Kier alpha value is -0.0800. The molecule has 0 spiro atoms. The van der Waals surface area contributed by atoms with Crippen LogP contribution in [-0.4, -0.2) is 36.1 Å². The van der Waals surface area contributed by atoms with Crippen LogP contribution in [-0.2, 0) is 0 Å². The molecular weight excluding hydrogens is 160 g/mol. The molecule has 0 unspecified atom stereocenters. The third-order valence-corrected chi connectivity index (χ3v) is 3.87. The van der Waals surface area contributed by atoms with Gasteiger partial charge in [0.05, 0.1) is 0 Å². The van der Waals surface area contributed by atoms with Gasteiger partial charge in [0.25, 0.3) is 0 Å². The van der Waals surface area contributed by atoms with Crippen LogP contribution in [0.1, 0.15) is 39.5 Å². The van der Waals surface area contributed by atoms with Crippen LogP contribution in [0, 0.1) is 0 Å². The van der Waals surface area contributed by atoms with Gasteiger partial charge in [-0.1, -0.05) is 13.8 Å². The summed E-state index contributed by atoms with van der Waals surface area (Å²) in [6.45, 7) is 8.20. The second kappa shape index (κ2) is 3.58. The summed E-state index contributed by atoms with van der Waals surface area (Å²) in [5.74, 6) is 0. The van der Waals surface area contributed by atoms with Crippen LogP contribution < -0.4 is 5.32 Å². The first-order valence-electron chi connectivity index (χ1n) is 5.78. The van der Waals surface area contributed by atoms with Crippen molar-refractivity contribution in [3.05, 3.63) is 0 Å². The minimum absolute atomic E-state index is 0.511. The molecule has 2 heterocycles. The van der Waals surface area contributed by atoms with Gasteiger partial charge in [-0.25, -0.2) is 0 Å². The molecule has 13 heavy (non-hydrogen) atoms. The molecule has 0 atom stereocenters. The molecule has 2 nitrogen and oxygen atoms in total. The summed E-state index contributed by atoms with van der Waals surface area (Å²) in [5.41, 5.74) is 0.511. The fourth-order valence-corrected chi connectivity index (χ4v) is 2.97. The number of hydrogen-bond acceptors (Lipinski definition) is 2. The molecule has 0 aliphatic carbocycles. The van der Waals surface area contributed by atoms with Crippen molar-refractivity contribution in [3.63, 3.8) is 0 Å². The Morgan fingerprint density at radius 1 is 1.23 bits per heavy atom. The molecule has 1 N–H and O–H groups in total. The third-order valence-electron chi connectivity index (χ3n) is 3.87. The molecule has 0 aromatic rings. The van der Waals surface area contributed by atoms with Gasteiger partial charge in [-0.15, -0.1) is 0 Å². The maximum atomic E-state index is 3.80. The fourth-order valence-electron chi connectivity index (χ4n) is 2.97. The molecule has 2 saturated heterocycles. The van der Waals surface area contributed by atoms with Crippen LogP contribution in [0.3, 0.4) is 0 Å². The molecule has 2 bridgehead atoms. The van der Waals surface area contributed by atoms with Gasteiger partial charge in [-0.2, -0.15) is 0 Å². The SMILES string of the molecule is CCN(CC)CC12CCC(CC1)N2. The Morgan fingerprint density at radius 2 is 1.85 bits per heavy atom. The number of hydrogen-bond donors (Lipinski definition) is 1. The molecule has 2 fully saturated rings. The zero-order valence-corrected chi connectivity index (χ0v) is 8.97. The Morgan fingerprint density at radius 3 is 2.23 bits per heavy atom. The fraction of sp³-hybridized carbons (Fsp3) is 1.00. The van der Waals surface area contributed by atoms with Crippen molar-refractivity contribution in [2.75, 3.05) is 19.6 Å². The van der Waals surface area contributed by atoms with Gasteiger partial charge < -0.3 is 10.2 Å². The zero-order chi connectivity index (χ0) is 9.31. The summed E-state index contributed by atoms with van der Waals surface area (Å²) in [6, 6.07) is 0.857. The number of nitrogens with one attached hydrogen (secondary N) is 1. The van der Waals surface area contributed by atoms with Crippen molar-refractivity contribution in [2.45, 2.75) is 51.1 Å². The second-order valence-corrected chi connectivity index (χ2v) is 4.66. The molecular formula is C11H22N2. The largest absolute Gasteiger partial charge is 0.307 e. The minimum atomic E-state index is 0.511. The Balaban J connectivity index is 1.92. The number of fused-ring (bicyclic) bond motifs is 2. The van der Waals surface area contributed by atoms with Gasteiger partial charge >= 0.3 is 0 Å². The average molecular weight is 182 g/mol. The lowest BCUT2D eigenvalue weighted by Crippen LogP contribution is -2.47. The van der Waals surface area contributed by atoms with Crippen LogP contribution in [0.2, 0.25) is 0 Å². The van der Waals surface area contributed by atoms with E-state index in [9.17, 15) is 0 Å². The summed E-state index contributed by atoms with van der Waals surface area (Å²) in [5, 5.41) is 3.80. The highest BCUT2D eigenvalue weighted by atomic mass is 15.2. The monoisotopic (exact) mass is 182 g/mol. The Bertz CT molecular complexity index is 167. The summed E-state index contributed by atoms with van der Waals surface area (Å²) in [6.07, 6.45) is 5.66. The van der Waals surface area contributed by atoms with Gasteiger partial charge in [0, 0.05) is 18.1 Å². The van der Waals surface area contributed by atoms with Crippen molar-refractivity contribution in [2.24, 2.45) is 0 Å². The van der Waals surface area contributed by atoms with Crippen LogP contribution in [0.4, 0.5) is 0 Å². The van der Waals surface area contributed by atoms with Gasteiger partial charge in [-0.3, -0.25) is 0 Å². The molecule has 0 aromatic carbocycles. The lowest BCUT2D eigenvalue weighted by Gasteiger charge is -2.32. The highest BCUT2D eigenvalue weighted by Crippen LogP contribution is 2.37. The molecule has 0 aromatic heterocycles. The zero-order valence-electron chi connectivity index (χ0n) is 8.97. The summed E-state index contributed by atoms with van der Waals surface area (Å²) in [4.78, 5) is 2.56. The first kappa shape index (κ1) is 9.47. The van der Waals surface area contributed by atoms with Crippen molar-refractivity contribution in [3.8, 4) is 0 Å². The van der Waals surface area contributed by atoms with Crippen molar-refractivity contribution >= 4 is 0 Å². The molecule has 76 valence electrons. The maximum absolute atomic E-state index is 3.80. The molecule has 2 heteroatoms. The summed E-state index contributed by atoms with van der Waals surface area (Å²) in [7, 11) is 0. The third kappa shape index (κ3) is 1.75. The Kier molecular flexibility index (Phi) is 2.61. The van der Waals surface area contributed by atoms with Crippen molar-refractivity contribution in [1.82, 2.24) is 10.2 Å². The standard InChI is InChI=1S/C11H22N2/c1-3-13(4-2)9-11-7-5-10(12-11)6-8-11/h10,12H,3-9H2,1-2H3. The van der Waals surface area contributed by atoms with E-state index in [1.165, 1.54) is 45.3 Å². The van der Waals surface area contributed by atoms with E-state index in [0.717, 1.165) is 6.04 Å². The smallest absolute Gasteiger partial charge is 0.0312 e. The highest BCUT2D eigenvalue weighted by molar-refractivity contribution is 5.05. The minimum Gasteiger partial charge on any atom is -0.307 e. The molecule has 2 rings (SSSR count). The van der Waals surface area contributed by atoms with E-state index < -0.39 is 0 Å². The topological polar surface area (TPSA) is 15.3 Å². The van der Waals surface area contributed by atoms with Gasteiger partial charge in [-0.05, 0) is 38.8 Å². The quantitative estimate of drug-likeness (QED) is 0.710. The van der Waals surface area contributed by atoms with E-state index in [-0.39, 0.29) is 0 Å². The van der Waals surface area contributed by atoms with Gasteiger partial charge in [0.1, 0.15) is 0 Å². The van der Waals surface area contributed by atoms with E-state index in [2.05, 4.69) is 24.1 Å². The second-order valence-electron chi connectivity index (χ2n) is 4.66. The van der Waals surface area contributed by atoms with Crippen LogP contribution in [0.15, 0.2) is 0 Å². The van der Waals surface area contributed by atoms with E-state index in [0.29, 0.717) is 5.54 Å². The first-order chi connectivity index (χ1) is 6.28. The molecule has 0 amide bonds. The van der Waals surface area contributed by atoms with E-state index in [1.807, 2.05) is 0 Å². The number of rotatable bonds is 4. The van der Waals surface area contributed by atoms with E-state index >= 15 is 0 Å². The van der Waals surface area contributed by atoms with Crippen molar-refractivity contribution in [1.29, 1.82) is 0 Å². The maximum Gasteiger partial charge on any atom is 0.0312 e. The van der Waals surface area contributed by atoms with Crippen LogP contribution in [0.5, 0.6) is 0 Å². The normalized spacial score (nSPS) is 37.6. The molecule has 2 aliphatic rings. The highest BCUT2D eigenvalue weighted by Gasteiger charge is 2.44. The molecule has 2 aliphatic heterocycles. The Labute approximate surface area is 81.7 Å². The summed E-state index contributed by atoms with van der Waals surface area (Å²) < 4.78 is 0. The molecule has 0 radical (unpaired) electrons. The number of nitrogens with zero attached hydrogens (tertiary/aromatic N) is 1. The van der Waals surface area contributed by atoms with Crippen LogP contribution in [0.25, 0.3) is 0 Å². The lowest BCUT2D eigenvalue weighted by atomic mass is 9.87. The summed E-state index contributed by atoms with van der Waals surface area (Å²) >= 11 is 0. The average Bonchev–Trinajstić information content (AvgIpc) is 2.74. The van der Waals surface area contributed by atoms with Crippen molar-refractivity contribution < 1.29 is 0 Å². The predicted molar refractivity (Wildman–Crippen MR) is 55.9 cm³/mol. The van der Waals surface area contributed by atoms with Gasteiger partial charge in [0.15, 0.2) is 0 Å². The number of likely N-dealkylation sites (N-methyl/N-ethyl adjacent to an activating group) is 1.